The minimum atomic E-state index is -1.69. The lowest BCUT2D eigenvalue weighted by molar-refractivity contribution is -0.179. The minimum absolute atomic E-state index is 0.0165. The van der Waals surface area contributed by atoms with E-state index in [1.54, 1.807) is 37.3 Å². The predicted molar refractivity (Wildman–Crippen MR) is 141 cm³/mol. The second-order valence-electron chi connectivity index (χ2n) is 11.8. The maximum atomic E-state index is 14.3. The summed E-state index contributed by atoms with van der Waals surface area (Å²) in [6.45, 7) is 14.8. The van der Waals surface area contributed by atoms with Gasteiger partial charge in [-0.3, -0.25) is 14.4 Å². The van der Waals surface area contributed by atoms with Crippen molar-refractivity contribution >= 4 is 23.7 Å². The Bertz CT molecular complexity index is 1180. The average molecular weight is 523 g/mol. The lowest BCUT2D eigenvalue weighted by Gasteiger charge is -2.39. The van der Waals surface area contributed by atoms with Crippen LogP contribution in [0.3, 0.4) is 0 Å². The fourth-order valence-corrected chi connectivity index (χ4v) is 6.80. The molecule has 0 unspecified atom stereocenters. The molecule has 0 N–H and O–H groups in total. The van der Waals surface area contributed by atoms with Crippen LogP contribution in [0.1, 0.15) is 71.2 Å². The number of ether oxygens (including phenoxy) is 3. The fraction of sp³-hybridized carbons (Fsp3) is 0.548. The summed E-state index contributed by atoms with van der Waals surface area (Å²) < 4.78 is 17.9. The van der Waals surface area contributed by atoms with Crippen molar-refractivity contribution in [1.29, 1.82) is 0 Å². The van der Waals surface area contributed by atoms with Crippen LogP contribution in [0.4, 0.5) is 0 Å². The van der Waals surface area contributed by atoms with Crippen LogP contribution in [0, 0.1) is 29.1 Å². The van der Waals surface area contributed by atoms with Gasteiger partial charge in [0.25, 0.3) is 0 Å². The molecule has 2 saturated carbocycles. The average Bonchev–Trinajstić information content (AvgIpc) is 3.24. The monoisotopic (exact) mass is 522 g/mol. The molecule has 7 atom stereocenters. The zero-order valence-corrected chi connectivity index (χ0v) is 23.1. The van der Waals surface area contributed by atoms with E-state index in [2.05, 4.69) is 20.4 Å². The van der Waals surface area contributed by atoms with E-state index < -0.39 is 41.6 Å². The molecular weight excluding hydrogens is 484 g/mol. The van der Waals surface area contributed by atoms with Gasteiger partial charge < -0.3 is 14.2 Å². The third kappa shape index (κ3) is 4.95. The van der Waals surface area contributed by atoms with Gasteiger partial charge >= 0.3 is 17.9 Å². The van der Waals surface area contributed by atoms with E-state index in [1.807, 2.05) is 13.0 Å². The molecule has 1 aromatic carbocycles. The first-order valence-electron chi connectivity index (χ1n) is 13.3. The molecule has 0 heterocycles. The maximum Gasteiger partial charge on any atom is 0.338 e. The van der Waals surface area contributed by atoms with Gasteiger partial charge in [0, 0.05) is 20.3 Å². The Balaban J connectivity index is 1.87. The number of carbonyl (C=O) groups excluding carboxylic acids is 4. The van der Waals surface area contributed by atoms with Gasteiger partial charge in [-0.15, -0.1) is 0 Å². The summed E-state index contributed by atoms with van der Waals surface area (Å²) in [7, 11) is 0. The second-order valence-corrected chi connectivity index (χ2v) is 11.8. The number of benzene rings is 1. The zero-order valence-electron chi connectivity index (χ0n) is 23.1. The van der Waals surface area contributed by atoms with E-state index in [1.165, 1.54) is 13.8 Å². The van der Waals surface area contributed by atoms with Crippen LogP contribution in [0.15, 0.2) is 54.1 Å². The highest BCUT2D eigenvalue weighted by atomic mass is 16.6. The van der Waals surface area contributed by atoms with Crippen molar-refractivity contribution in [2.24, 2.45) is 29.1 Å². The number of ketones is 1. The summed E-state index contributed by atoms with van der Waals surface area (Å²) in [6, 6.07) is 8.56. The fourth-order valence-electron chi connectivity index (χ4n) is 6.80. The molecule has 3 aliphatic carbocycles. The Morgan fingerprint density at radius 1 is 1.03 bits per heavy atom. The molecule has 0 aromatic heterocycles. The first-order valence-corrected chi connectivity index (χ1v) is 13.3. The molecule has 38 heavy (non-hydrogen) atoms. The number of esters is 3. The topological polar surface area (TPSA) is 96.0 Å². The highest BCUT2D eigenvalue weighted by Crippen LogP contribution is 2.62. The smallest absolute Gasteiger partial charge is 0.338 e. The van der Waals surface area contributed by atoms with E-state index >= 15 is 0 Å². The first-order chi connectivity index (χ1) is 17.8. The van der Waals surface area contributed by atoms with Gasteiger partial charge in [0.1, 0.15) is 12.2 Å². The molecule has 2 fully saturated rings. The van der Waals surface area contributed by atoms with Crippen molar-refractivity contribution in [2.45, 2.75) is 78.6 Å². The van der Waals surface area contributed by atoms with Crippen LogP contribution >= 0.6 is 0 Å². The Morgan fingerprint density at radius 2 is 1.68 bits per heavy atom. The number of carbonyl (C=O) groups is 4. The molecule has 1 aromatic rings. The third-order valence-electron chi connectivity index (χ3n) is 8.77. The van der Waals surface area contributed by atoms with Crippen LogP contribution in [-0.4, -0.2) is 41.5 Å². The normalized spacial score (nSPS) is 35.5. The Hall–Kier alpha value is -3.22. The van der Waals surface area contributed by atoms with Crippen molar-refractivity contribution in [3.8, 4) is 0 Å². The SMILES string of the molecule is C=C1CC[C@H]2[C@@H](/C=C(\C)C(=O)[C@@]3(OC(C)=O)C[C@H](C)[C@@H](OC(=O)c4ccccc4)[C@@H]3[C@@H]1OC(C)=O)C2(C)C. The molecule has 4 rings (SSSR count). The molecular formula is C31H38O7. The number of Topliss-reactive ketones (excluding diaryl/α,β-unsaturated/α-hetero) is 1. The van der Waals surface area contributed by atoms with Gasteiger partial charge in [0.05, 0.1) is 11.5 Å². The van der Waals surface area contributed by atoms with Crippen LogP contribution in [0.25, 0.3) is 0 Å². The number of hydrogen-bond donors (Lipinski definition) is 0. The van der Waals surface area contributed by atoms with Gasteiger partial charge in [-0.05, 0) is 66.2 Å². The molecule has 0 bridgehead atoms. The van der Waals surface area contributed by atoms with Gasteiger partial charge in [-0.2, -0.15) is 0 Å². The van der Waals surface area contributed by atoms with Crippen molar-refractivity contribution < 1.29 is 33.4 Å². The first kappa shape index (κ1) is 27.8. The predicted octanol–water partition coefficient (Wildman–Crippen LogP) is 5.24. The molecule has 204 valence electrons. The summed E-state index contributed by atoms with van der Waals surface area (Å²) in [4.78, 5) is 52.4. The number of allylic oxidation sites excluding steroid dienone is 1. The Morgan fingerprint density at radius 3 is 2.29 bits per heavy atom. The van der Waals surface area contributed by atoms with E-state index in [4.69, 9.17) is 14.2 Å². The summed E-state index contributed by atoms with van der Waals surface area (Å²) in [5, 5.41) is 0. The quantitative estimate of drug-likeness (QED) is 0.303. The number of fused-ring (bicyclic) bond motifs is 2. The molecule has 3 aliphatic rings. The van der Waals surface area contributed by atoms with Gasteiger partial charge in [0.2, 0.25) is 5.78 Å². The van der Waals surface area contributed by atoms with Crippen molar-refractivity contribution in [2.75, 3.05) is 0 Å². The van der Waals surface area contributed by atoms with Crippen LogP contribution in [-0.2, 0) is 28.6 Å². The lowest BCUT2D eigenvalue weighted by Crippen LogP contribution is -2.55. The molecule has 0 aliphatic heterocycles. The summed E-state index contributed by atoms with van der Waals surface area (Å²) in [6.07, 6.45) is 1.63. The van der Waals surface area contributed by atoms with Gasteiger partial charge in [-0.25, -0.2) is 4.79 Å². The van der Waals surface area contributed by atoms with Crippen LogP contribution < -0.4 is 0 Å². The highest BCUT2D eigenvalue weighted by Gasteiger charge is 2.65. The summed E-state index contributed by atoms with van der Waals surface area (Å²) in [5.41, 5.74) is -0.203. The maximum absolute atomic E-state index is 14.3. The van der Waals surface area contributed by atoms with Crippen molar-refractivity contribution in [1.82, 2.24) is 0 Å². The van der Waals surface area contributed by atoms with Gasteiger partial charge in [-0.1, -0.05) is 51.6 Å². The minimum Gasteiger partial charge on any atom is -0.458 e. The Kier molecular flexibility index (Phi) is 7.43. The molecule has 0 spiro atoms. The number of rotatable bonds is 4. The van der Waals surface area contributed by atoms with Crippen LogP contribution in [0.5, 0.6) is 0 Å². The van der Waals surface area contributed by atoms with E-state index in [0.29, 0.717) is 29.0 Å². The lowest BCUT2D eigenvalue weighted by atomic mass is 9.76. The van der Waals surface area contributed by atoms with Crippen molar-refractivity contribution in [3.63, 3.8) is 0 Å². The second kappa shape index (κ2) is 10.2. The van der Waals surface area contributed by atoms with E-state index in [9.17, 15) is 19.2 Å². The molecule has 0 saturated heterocycles. The largest absolute Gasteiger partial charge is 0.458 e. The van der Waals surface area contributed by atoms with E-state index in [0.717, 1.165) is 6.42 Å². The summed E-state index contributed by atoms with van der Waals surface area (Å²) >= 11 is 0. The molecule has 7 heteroatoms. The van der Waals surface area contributed by atoms with Crippen molar-refractivity contribution in [3.05, 3.63) is 59.7 Å². The Labute approximate surface area is 224 Å². The van der Waals surface area contributed by atoms with E-state index in [-0.39, 0.29) is 29.5 Å². The standard InChI is InChI=1S/C31H38O7/c1-17-13-14-23-24(30(23,6)7)15-18(2)28(34)31(38-21(5)33)16-19(3)27(25(31)26(17)36-20(4)32)37-29(35)22-11-9-8-10-12-22/h8-12,15,19,23-27H,1,13-14,16H2,2-7H3/b18-15+/t19-,23-,24+,25-,26+,27+,31+/m0/s1. The number of hydrogen-bond acceptors (Lipinski definition) is 7. The third-order valence-corrected chi connectivity index (χ3v) is 8.77. The molecule has 0 radical (unpaired) electrons. The zero-order chi connectivity index (χ0) is 28.0. The molecule has 7 nitrogen and oxygen atoms in total. The van der Waals surface area contributed by atoms with Gasteiger partial charge in [0.15, 0.2) is 5.60 Å². The highest BCUT2D eigenvalue weighted by molar-refractivity contribution is 6.03. The molecule has 0 amide bonds. The van der Waals surface area contributed by atoms with Crippen LogP contribution in [0.2, 0.25) is 0 Å². The summed E-state index contributed by atoms with van der Waals surface area (Å²) in [5.74, 6) is -2.89.